The number of carboxylic acids is 1. The highest BCUT2D eigenvalue weighted by Crippen LogP contribution is 2.16. The molecule has 0 bridgehead atoms. The van der Waals surface area contributed by atoms with E-state index < -0.39 is 5.97 Å². The summed E-state index contributed by atoms with van der Waals surface area (Å²) in [6, 6.07) is 11.9. The summed E-state index contributed by atoms with van der Waals surface area (Å²) >= 11 is 0. The lowest BCUT2D eigenvalue weighted by Crippen LogP contribution is -2.35. The zero-order valence-corrected chi connectivity index (χ0v) is 14.7. The Morgan fingerprint density at radius 3 is 2.38 bits per heavy atom. The van der Waals surface area contributed by atoms with Gasteiger partial charge in [-0.25, -0.2) is 0 Å². The average Bonchev–Trinajstić information content (AvgIpc) is 2.54. The monoisotopic (exact) mass is 350 g/mol. The second-order valence-electron chi connectivity index (χ2n) is 5.65. The summed E-state index contributed by atoms with van der Waals surface area (Å²) in [5.74, 6) is 0.0105. The number of pyridine rings is 1. The Morgan fingerprint density at radius 1 is 1.17 bits per heavy atom. The molecule has 1 aromatic heterocycles. The molecule has 0 saturated carbocycles. The summed E-state index contributed by atoms with van der Waals surface area (Å²) in [6.45, 7) is 2.59. The molecule has 130 valence electrons. The molecule has 2 rings (SSSR count). The van der Waals surface area contributed by atoms with Gasteiger partial charge in [-0.3, -0.25) is 14.7 Å². The second-order valence-corrected chi connectivity index (χ2v) is 5.65. The first-order chi connectivity index (χ1) is 11.0. The van der Waals surface area contributed by atoms with Crippen molar-refractivity contribution in [1.29, 1.82) is 0 Å². The van der Waals surface area contributed by atoms with Gasteiger partial charge in [-0.1, -0.05) is 12.1 Å². The molecule has 0 fully saturated rings. The Hall–Kier alpha value is -2.11. The van der Waals surface area contributed by atoms with E-state index in [0.29, 0.717) is 6.61 Å². The Bertz CT molecular complexity index is 620. The molecule has 0 saturated heterocycles. The fraction of sp³-hybridized carbons (Fsp3) is 0.333. The number of nitrogens with zero attached hydrogens (tertiary/aromatic N) is 2. The van der Waals surface area contributed by atoms with Crippen molar-refractivity contribution in [3.05, 3.63) is 59.9 Å². The van der Waals surface area contributed by atoms with Gasteiger partial charge in [-0.2, -0.15) is 0 Å². The van der Waals surface area contributed by atoms with Crippen molar-refractivity contribution in [2.75, 3.05) is 13.6 Å². The number of hydrogen-bond acceptors (Lipinski definition) is 4. The molecule has 0 amide bonds. The highest BCUT2D eigenvalue weighted by Gasteiger charge is 2.12. The quantitative estimate of drug-likeness (QED) is 0.792. The first kappa shape index (κ1) is 19.9. The van der Waals surface area contributed by atoms with E-state index in [1.165, 1.54) is 0 Å². The van der Waals surface area contributed by atoms with Gasteiger partial charge in [-0.15, -0.1) is 12.4 Å². The van der Waals surface area contributed by atoms with Crippen LogP contribution in [0.25, 0.3) is 0 Å². The van der Waals surface area contributed by atoms with Crippen LogP contribution >= 0.6 is 12.4 Å². The van der Waals surface area contributed by atoms with E-state index in [2.05, 4.69) is 4.98 Å². The lowest BCUT2D eigenvalue weighted by molar-refractivity contribution is -0.138. The van der Waals surface area contributed by atoms with Crippen LogP contribution < -0.4 is 4.74 Å². The molecule has 0 aliphatic carbocycles. The predicted molar refractivity (Wildman–Crippen MR) is 95.7 cm³/mol. The van der Waals surface area contributed by atoms with Crippen molar-refractivity contribution in [2.45, 2.75) is 26.0 Å². The highest BCUT2D eigenvalue weighted by molar-refractivity contribution is 5.85. The number of aliphatic carboxylic acids is 1. The number of aromatic nitrogens is 1. The third-order valence-electron chi connectivity index (χ3n) is 3.75. The zero-order chi connectivity index (χ0) is 16.7. The third kappa shape index (κ3) is 6.56. The number of halogens is 1. The number of carboxylic acid groups (broad SMARTS) is 1. The van der Waals surface area contributed by atoms with Gasteiger partial charge < -0.3 is 9.84 Å². The van der Waals surface area contributed by atoms with Crippen molar-refractivity contribution in [2.24, 2.45) is 0 Å². The van der Waals surface area contributed by atoms with Gasteiger partial charge in [0.1, 0.15) is 12.4 Å². The summed E-state index contributed by atoms with van der Waals surface area (Å²) < 4.78 is 5.74. The number of likely N-dealkylation sites (N-methyl/N-ethyl adjacent to an activating group) is 1. The summed E-state index contributed by atoms with van der Waals surface area (Å²) in [7, 11) is 1.82. The zero-order valence-electron chi connectivity index (χ0n) is 13.9. The highest BCUT2D eigenvalue weighted by atomic mass is 35.5. The van der Waals surface area contributed by atoms with Crippen LogP contribution in [-0.4, -0.2) is 40.6 Å². The fourth-order valence-corrected chi connectivity index (χ4v) is 2.23. The molecule has 1 heterocycles. The van der Waals surface area contributed by atoms with Gasteiger partial charge in [0.15, 0.2) is 0 Å². The van der Waals surface area contributed by atoms with Gasteiger partial charge in [0.25, 0.3) is 0 Å². The van der Waals surface area contributed by atoms with Crippen molar-refractivity contribution < 1.29 is 14.6 Å². The molecule has 0 radical (unpaired) electrons. The molecule has 1 atom stereocenters. The van der Waals surface area contributed by atoms with E-state index in [-0.39, 0.29) is 25.0 Å². The lowest BCUT2D eigenvalue weighted by Gasteiger charge is -2.22. The van der Waals surface area contributed by atoms with Gasteiger partial charge in [0.05, 0.1) is 6.54 Å². The summed E-state index contributed by atoms with van der Waals surface area (Å²) in [6.07, 6.45) is 4.29. The SMILES string of the molecule is CC(Cc1ccc(OCc2ccncc2)cc1)N(C)CC(=O)O.Cl. The third-order valence-corrected chi connectivity index (χ3v) is 3.75. The first-order valence-electron chi connectivity index (χ1n) is 7.57. The molecule has 6 heteroatoms. The molecule has 0 aliphatic rings. The van der Waals surface area contributed by atoms with Crippen LogP contribution in [0.1, 0.15) is 18.1 Å². The molecule has 1 N–H and O–H groups in total. The number of ether oxygens (including phenoxy) is 1. The maximum Gasteiger partial charge on any atom is 0.317 e. The Kier molecular flexibility index (Phi) is 8.22. The molecular weight excluding hydrogens is 328 g/mol. The van der Waals surface area contributed by atoms with E-state index in [0.717, 1.165) is 23.3 Å². The van der Waals surface area contributed by atoms with Crippen molar-refractivity contribution in [1.82, 2.24) is 9.88 Å². The summed E-state index contributed by atoms with van der Waals surface area (Å²) in [5, 5.41) is 8.83. The van der Waals surface area contributed by atoms with Gasteiger partial charge in [0.2, 0.25) is 0 Å². The number of rotatable bonds is 8. The molecular formula is C18H23ClN2O3. The van der Waals surface area contributed by atoms with Crippen LogP contribution in [0.3, 0.4) is 0 Å². The molecule has 1 unspecified atom stereocenters. The van der Waals surface area contributed by atoms with E-state index in [4.69, 9.17) is 9.84 Å². The van der Waals surface area contributed by atoms with E-state index in [9.17, 15) is 4.79 Å². The molecule has 2 aromatic rings. The number of carbonyl (C=O) groups is 1. The van der Waals surface area contributed by atoms with Gasteiger partial charge >= 0.3 is 5.97 Å². The largest absolute Gasteiger partial charge is 0.489 e. The van der Waals surface area contributed by atoms with E-state index in [1.54, 1.807) is 12.4 Å². The standard InChI is InChI=1S/C18H22N2O3.ClH/c1-14(20(2)12-18(21)22)11-15-3-5-17(6-4-15)23-13-16-7-9-19-10-8-16;/h3-10,14H,11-13H2,1-2H3,(H,21,22);1H. The Labute approximate surface area is 148 Å². The minimum Gasteiger partial charge on any atom is -0.489 e. The van der Waals surface area contributed by atoms with Crippen LogP contribution in [0.15, 0.2) is 48.8 Å². The Morgan fingerprint density at radius 2 is 1.79 bits per heavy atom. The molecule has 0 aliphatic heterocycles. The lowest BCUT2D eigenvalue weighted by atomic mass is 10.1. The van der Waals surface area contributed by atoms with Crippen LogP contribution in [0, 0.1) is 0 Å². The van der Waals surface area contributed by atoms with Gasteiger partial charge in [0, 0.05) is 18.4 Å². The van der Waals surface area contributed by atoms with Crippen LogP contribution in [0.5, 0.6) is 5.75 Å². The second kappa shape index (κ2) is 9.90. The maximum absolute atomic E-state index is 10.7. The smallest absolute Gasteiger partial charge is 0.317 e. The first-order valence-corrected chi connectivity index (χ1v) is 7.57. The molecule has 1 aromatic carbocycles. The van der Waals surface area contributed by atoms with Crippen molar-refractivity contribution in [3.63, 3.8) is 0 Å². The van der Waals surface area contributed by atoms with E-state index in [1.807, 2.05) is 55.3 Å². The average molecular weight is 351 g/mol. The molecule has 24 heavy (non-hydrogen) atoms. The minimum absolute atomic E-state index is 0. The van der Waals surface area contributed by atoms with Crippen LogP contribution in [-0.2, 0) is 17.8 Å². The predicted octanol–water partition coefficient (Wildman–Crippen LogP) is 3.03. The maximum atomic E-state index is 10.7. The number of hydrogen-bond donors (Lipinski definition) is 1. The van der Waals surface area contributed by atoms with Crippen LogP contribution in [0.4, 0.5) is 0 Å². The van der Waals surface area contributed by atoms with Crippen LogP contribution in [0.2, 0.25) is 0 Å². The molecule has 5 nitrogen and oxygen atoms in total. The topological polar surface area (TPSA) is 62.7 Å². The van der Waals surface area contributed by atoms with Crippen molar-refractivity contribution >= 4 is 18.4 Å². The van der Waals surface area contributed by atoms with Gasteiger partial charge in [-0.05, 0) is 55.8 Å². The minimum atomic E-state index is -0.806. The summed E-state index contributed by atoms with van der Waals surface area (Å²) in [4.78, 5) is 16.5. The Balaban J connectivity index is 0.00000288. The summed E-state index contributed by atoms with van der Waals surface area (Å²) in [5.41, 5.74) is 2.24. The fourth-order valence-electron chi connectivity index (χ4n) is 2.23. The number of benzene rings is 1. The van der Waals surface area contributed by atoms with E-state index >= 15 is 0 Å². The van der Waals surface area contributed by atoms with Crippen molar-refractivity contribution in [3.8, 4) is 5.75 Å². The normalized spacial score (nSPS) is 11.6. The molecule has 0 spiro atoms.